The lowest BCUT2D eigenvalue weighted by Crippen LogP contribution is -2.26. The Bertz CT molecular complexity index is 1010. The topological polar surface area (TPSA) is 58.0 Å². The van der Waals surface area contributed by atoms with Gasteiger partial charge in [-0.2, -0.15) is 0 Å². The highest BCUT2D eigenvalue weighted by Gasteiger charge is 2.24. The smallest absolute Gasteiger partial charge is 0.126 e. The summed E-state index contributed by atoms with van der Waals surface area (Å²) >= 11 is 6.43. The van der Waals surface area contributed by atoms with Gasteiger partial charge in [0.25, 0.3) is 0 Å². The van der Waals surface area contributed by atoms with E-state index in [1.807, 2.05) is 30.3 Å². The fourth-order valence-corrected chi connectivity index (χ4v) is 4.21. The predicted octanol–water partition coefficient (Wildman–Crippen LogP) is 5.64. The van der Waals surface area contributed by atoms with Crippen molar-refractivity contribution in [1.82, 2.24) is 9.97 Å². The largest absolute Gasteiger partial charge is 0.393 e. The third kappa shape index (κ3) is 5.15. The number of rotatable bonds is 6. The summed E-state index contributed by atoms with van der Waals surface area (Å²) in [6, 6.07) is 14.2. The Kier molecular flexibility index (Phi) is 6.60. The number of anilines is 1. The Hall–Kier alpha value is -2.50. The summed E-state index contributed by atoms with van der Waals surface area (Å²) in [5.41, 5.74) is 3.33. The van der Waals surface area contributed by atoms with Crippen LogP contribution in [0.15, 0.2) is 54.7 Å². The quantitative estimate of drug-likeness (QED) is 0.536. The zero-order chi connectivity index (χ0) is 20.9. The Morgan fingerprint density at radius 2 is 1.93 bits per heavy atom. The maximum Gasteiger partial charge on any atom is 0.126 e. The number of hydrogen-bond acceptors (Lipinski definition) is 4. The molecule has 0 radical (unpaired) electrons. The number of hydrogen-bond donors (Lipinski definition) is 2. The summed E-state index contributed by atoms with van der Waals surface area (Å²) < 4.78 is 13.4. The Morgan fingerprint density at radius 3 is 2.77 bits per heavy atom. The summed E-state index contributed by atoms with van der Waals surface area (Å²) in [5.74, 6) is 0.677. The van der Waals surface area contributed by atoms with Gasteiger partial charge in [-0.25, -0.2) is 9.37 Å². The highest BCUT2D eigenvalue weighted by molar-refractivity contribution is 6.33. The van der Waals surface area contributed by atoms with Crippen molar-refractivity contribution < 1.29 is 9.50 Å². The molecule has 6 heteroatoms. The van der Waals surface area contributed by atoms with Gasteiger partial charge < -0.3 is 10.4 Å². The average molecular weight is 426 g/mol. The van der Waals surface area contributed by atoms with Gasteiger partial charge in [0, 0.05) is 24.0 Å². The second kappa shape index (κ2) is 9.54. The summed E-state index contributed by atoms with van der Waals surface area (Å²) in [5, 5.41) is 14.1. The predicted molar refractivity (Wildman–Crippen MR) is 118 cm³/mol. The van der Waals surface area contributed by atoms with E-state index in [2.05, 4.69) is 15.3 Å². The van der Waals surface area contributed by atoms with Gasteiger partial charge in [0.1, 0.15) is 11.6 Å². The highest BCUT2D eigenvalue weighted by atomic mass is 35.5. The van der Waals surface area contributed by atoms with Gasteiger partial charge in [0.2, 0.25) is 0 Å². The monoisotopic (exact) mass is 425 g/mol. The number of aliphatic hydroxyl groups is 1. The molecule has 2 aromatic heterocycles. The molecule has 2 atom stereocenters. The van der Waals surface area contributed by atoms with Crippen LogP contribution in [0.4, 0.5) is 10.2 Å². The molecule has 1 fully saturated rings. The molecule has 1 aromatic carbocycles. The minimum Gasteiger partial charge on any atom is -0.393 e. The summed E-state index contributed by atoms with van der Waals surface area (Å²) in [6.07, 6.45) is 6.29. The number of aromatic nitrogens is 2. The van der Waals surface area contributed by atoms with Crippen LogP contribution in [0.25, 0.3) is 11.3 Å². The lowest BCUT2D eigenvalue weighted by atomic mass is 9.83. The molecule has 3 aromatic rings. The fraction of sp³-hybridized carbons (Fsp3) is 0.333. The van der Waals surface area contributed by atoms with Crippen LogP contribution in [0.1, 0.15) is 36.9 Å². The van der Waals surface area contributed by atoms with Crippen LogP contribution in [-0.4, -0.2) is 21.2 Å². The van der Waals surface area contributed by atoms with Crippen LogP contribution < -0.4 is 5.32 Å². The maximum atomic E-state index is 13.4. The van der Waals surface area contributed by atoms with Crippen LogP contribution in [0.2, 0.25) is 5.02 Å². The fourth-order valence-electron chi connectivity index (χ4n) is 4.01. The molecule has 1 aliphatic carbocycles. The number of aliphatic hydroxyl groups excluding tert-OH is 1. The van der Waals surface area contributed by atoms with Crippen LogP contribution in [0.5, 0.6) is 0 Å². The van der Waals surface area contributed by atoms with E-state index in [0.29, 0.717) is 17.4 Å². The van der Waals surface area contributed by atoms with E-state index in [1.165, 1.54) is 12.1 Å². The lowest BCUT2D eigenvalue weighted by Gasteiger charge is -2.27. The van der Waals surface area contributed by atoms with Gasteiger partial charge in [-0.1, -0.05) is 42.6 Å². The van der Waals surface area contributed by atoms with Gasteiger partial charge in [-0.05, 0) is 61.1 Å². The van der Waals surface area contributed by atoms with E-state index in [1.54, 1.807) is 12.3 Å². The third-order valence-electron chi connectivity index (χ3n) is 5.64. The average Bonchev–Trinajstić information content (AvgIpc) is 2.75. The van der Waals surface area contributed by atoms with Gasteiger partial charge in [-0.3, -0.25) is 4.98 Å². The number of nitrogens with zero attached hydrogens (tertiary/aromatic N) is 2. The second-order valence-corrected chi connectivity index (χ2v) is 8.27. The van der Waals surface area contributed by atoms with Crippen molar-refractivity contribution in [3.05, 3.63) is 76.8 Å². The van der Waals surface area contributed by atoms with Crippen LogP contribution in [-0.2, 0) is 13.0 Å². The van der Waals surface area contributed by atoms with Crippen molar-refractivity contribution in [3.63, 3.8) is 0 Å². The van der Waals surface area contributed by atoms with Gasteiger partial charge in [0.15, 0.2) is 0 Å². The van der Waals surface area contributed by atoms with E-state index >= 15 is 0 Å². The van der Waals surface area contributed by atoms with Crippen LogP contribution in [0.3, 0.4) is 0 Å². The minimum absolute atomic E-state index is 0.243. The first-order valence-corrected chi connectivity index (χ1v) is 10.7. The van der Waals surface area contributed by atoms with E-state index in [4.69, 9.17) is 11.6 Å². The zero-order valence-electron chi connectivity index (χ0n) is 16.7. The van der Waals surface area contributed by atoms with Crippen molar-refractivity contribution in [1.29, 1.82) is 0 Å². The van der Waals surface area contributed by atoms with Gasteiger partial charge in [0.05, 0.1) is 16.8 Å². The van der Waals surface area contributed by atoms with Crippen molar-refractivity contribution in [2.75, 3.05) is 5.32 Å². The minimum atomic E-state index is -0.256. The first kappa shape index (κ1) is 20.8. The van der Waals surface area contributed by atoms with Gasteiger partial charge >= 0.3 is 0 Å². The Balaban J connectivity index is 1.51. The first-order chi connectivity index (χ1) is 14.6. The third-order valence-corrected chi connectivity index (χ3v) is 5.94. The molecule has 1 aliphatic rings. The molecular weight excluding hydrogens is 401 g/mol. The molecule has 0 spiro atoms. The molecular formula is C24H25ClFN3O. The molecule has 30 heavy (non-hydrogen) atoms. The molecule has 4 nitrogen and oxygen atoms in total. The van der Waals surface area contributed by atoms with E-state index < -0.39 is 0 Å². The molecule has 4 rings (SSSR count). The molecule has 156 valence electrons. The molecule has 0 bridgehead atoms. The summed E-state index contributed by atoms with van der Waals surface area (Å²) in [6.45, 7) is 0.475. The Labute approximate surface area is 181 Å². The maximum absolute atomic E-state index is 13.4. The molecule has 2 N–H and O–H groups in total. The van der Waals surface area contributed by atoms with Crippen LogP contribution in [0, 0.1) is 11.7 Å². The van der Waals surface area contributed by atoms with Crippen molar-refractivity contribution in [2.45, 2.75) is 44.8 Å². The standard InChI is InChI=1S/C24H25ClFN3O/c25-21-15-27-19(12-17-6-1-2-9-23(17)30)13-20(21)22-8-4-10-24(29-22)28-14-16-5-3-7-18(26)11-16/h3-5,7-8,10-11,13,15,17,23,30H,1-2,6,9,12,14H2,(H,28,29)/t17-,23-/m0/s1. The van der Waals surface area contributed by atoms with Gasteiger partial charge in [-0.15, -0.1) is 0 Å². The molecule has 0 aliphatic heterocycles. The molecule has 2 heterocycles. The lowest BCUT2D eigenvalue weighted by molar-refractivity contribution is 0.0695. The highest BCUT2D eigenvalue weighted by Crippen LogP contribution is 2.31. The number of pyridine rings is 2. The Morgan fingerprint density at radius 1 is 1.10 bits per heavy atom. The molecule has 1 saturated carbocycles. The first-order valence-electron chi connectivity index (χ1n) is 10.4. The molecule has 0 saturated heterocycles. The molecule has 0 unspecified atom stereocenters. The summed E-state index contributed by atoms with van der Waals surface area (Å²) in [4.78, 5) is 9.16. The molecule has 0 amide bonds. The SMILES string of the molecule is O[C@H]1CCCC[C@H]1Cc1cc(-c2cccc(NCc3cccc(F)c3)n2)c(Cl)cn1. The summed E-state index contributed by atoms with van der Waals surface area (Å²) in [7, 11) is 0. The van der Waals surface area contributed by atoms with Crippen LogP contribution >= 0.6 is 11.6 Å². The van der Waals surface area contributed by atoms with E-state index in [0.717, 1.165) is 54.6 Å². The number of nitrogens with one attached hydrogen (secondary N) is 1. The second-order valence-electron chi connectivity index (χ2n) is 7.86. The van der Waals surface area contributed by atoms with Crippen molar-refractivity contribution in [3.8, 4) is 11.3 Å². The van der Waals surface area contributed by atoms with Crippen molar-refractivity contribution >= 4 is 17.4 Å². The normalized spacial score (nSPS) is 18.9. The van der Waals surface area contributed by atoms with E-state index in [-0.39, 0.29) is 17.8 Å². The van der Waals surface area contributed by atoms with E-state index in [9.17, 15) is 9.50 Å². The number of benzene rings is 1. The zero-order valence-corrected chi connectivity index (χ0v) is 17.4. The number of halogens is 2. The van der Waals surface area contributed by atoms with Crippen molar-refractivity contribution in [2.24, 2.45) is 5.92 Å².